The van der Waals surface area contributed by atoms with Crippen molar-refractivity contribution in [1.82, 2.24) is 9.88 Å². The number of halogens is 2. The second-order valence-electron chi connectivity index (χ2n) is 7.49. The van der Waals surface area contributed by atoms with E-state index in [4.69, 9.17) is 21.1 Å². The third-order valence-electron chi connectivity index (χ3n) is 5.40. The van der Waals surface area contributed by atoms with Crippen LogP contribution in [0.2, 0.25) is 5.02 Å². The molecular formula is C24H25ClFN3O3. The molecule has 0 bridgehead atoms. The summed E-state index contributed by atoms with van der Waals surface area (Å²) in [7, 11) is 1.53. The van der Waals surface area contributed by atoms with Crippen molar-refractivity contribution in [2.45, 2.75) is 0 Å². The average molecular weight is 458 g/mol. The lowest BCUT2D eigenvalue weighted by Crippen LogP contribution is -2.39. The minimum absolute atomic E-state index is 0.0212. The van der Waals surface area contributed by atoms with Crippen LogP contribution < -0.4 is 10.1 Å². The Balaban J connectivity index is 1.68. The van der Waals surface area contributed by atoms with Crippen LogP contribution in [0.3, 0.4) is 0 Å². The van der Waals surface area contributed by atoms with Crippen molar-refractivity contribution in [2.24, 2.45) is 0 Å². The van der Waals surface area contributed by atoms with E-state index in [9.17, 15) is 9.50 Å². The number of pyridine rings is 1. The SMILES string of the molecule is COc1ccc(-c2cc(-c3c(F)cccc3Cl)cc(NCCN3CCOCC3)n2)c(O)c1. The summed E-state index contributed by atoms with van der Waals surface area (Å²) in [5.41, 5.74) is 1.87. The van der Waals surface area contributed by atoms with Crippen LogP contribution in [0.25, 0.3) is 22.4 Å². The van der Waals surface area contributed by atoms with Crippen molar-refractivity contribution in [1.29, 1.82) is 0 Å². The van der Waals surface area contributed by atoms with Crippen LogP contribution in [0.5, 0.6) is 11.5 Å². The molecule has 3 aromatic rings. The van der Waals surface area contributed by atoms with Gasteiger partial charge in [-0.1, -0.05) is 17.7 Å². The van der Waals surface area contributed by atoms with E-state index in [0.29, 0.717) is 45.5 Å². The van der Waals surface area contributed by atoms with Crippen LogP contribution in [0.15, 0.2) is 48.5 Å². The molecule has 2 heterocycles. The number of aromatic hydroxyl groups is 1. The van der Waals surface area contributed by atoms with E-state index in [0.717, 1.165) is 32.8 Å². The first-order valence-corrected chi connectivity index (χ1v) is 10.8. The Kier molecular flexibility index (Phi) is 7.09. The van der Waals surface area contributed by atoms with Gasteiger partial charge < -0.3 is 19.9 Å². The summed E-state index contributed by atoms with van der Waals surface area (Å²) in [4.78, 5) is 6.98. The largest absolute Gasteiger partial charge is 0.507 e. The molecule has 1 aliphatic heterocycles. The first kappa shape index (κ1) is 22.3. The van der Waals surface area contributed by atoms with E-state index in [1.54, 1.807) is 36.4 Å². The van der Waals surface area contributed by atoms with Crippen LogP contribution in [0.4, 0.5) is 10.2 Å². The molecule has 1 aromatic heterocycles. The fourth-order valence-electron chi connectivity index (χ4n) is 3.70. The topological polar surface area (TPSA) is 66.9 Å². The maximum atomic E-state index is 14.7. The zero-order chi connectivity index (χ0) is 22.5. The highest BCUT2D eigenvalue weighted by molar-refractivity contribution is 6.33. The van der Waals surface area contributed by atoms with Crippen molar-refractivity contribution in [3.8, 4) is 33.9 Å². The molecule has 6 nitrogen and oxygen atoms in total. The van der Waals surface area contributed by atoms with E-state index in [-0.39, 0.29) is 5.75 Å². The van der Waals surface area contributed by atoms with Gasteiger partial charge in [0.15, 0.2) is 0 Å². The number of morpholine rings is 1. The molecule has 1 fully saturated rings. The van der Waals surface area contributed by atoms with Gasteiger partial charge in [0.2, 0.25) is 0 Å². The summed E-state index contributed by atoms with van der Waals surface area (Å²) in [5.74, 6) is 0.699. The fraction of sp³-hybridized carbons (Fsp3) is 0.292. The van der Waals surface area contributed by atoms with Crippen molar-refractivity contribution >= 4 is 17.4 Å². The van der Waals surface area contributed by atoms with Crippen LogP contribution in [-0.4, -0.2) is 61.5 Å². The number of phenols is 1. The summed E-state index contributed by atoms with van der Waals surface area (Å²) in [6.45, 7) is 4.76. The van der Waals surface area contributed by atoms with Gasteiger partial charge in [0.1, 0.15) is 23.1 Å². The smallest absolute Gasteiger partial charge is 0.132 e. The van der Waals surface area contributed by atoms with E-state index in [2.05, 4.69) is 15.2 Å². The molecule has 0 unspecified atom stereocenters. The van der Waals surface area contributed by atoms with Gasteiger partial charge in [-0.25, -0.2) is 9.37 Å². The Hall–Kier alpha value is -2.87. The van der Waals surface area contributed by atoms with Gasteiger partial charge in [-0.2, -0.15) is 0 Å². The first-order chi connectivity index (χ1) is 15.5. The van der Waals surface area contributed by atoms with E-state index in [1.165, 1.54) is 19.2 Å². The van der Waals surface area contributed by atoms with Crippen molar-refractivity contribution < 1.29 is 19.0 Å². The quantitative estimate of drug-likeness (QED) is 0.537. The Labute approximate surface area is 191 Å². The molecule has 0 saturated carbocycles. The van der Waals surface area contributed by atoms with Crippen molar-refractivity contribution in [3.05, 3.63) is 59.4 Å². The van der Waals surface area contributed by atoms with Gasteiger partial charge in [-0.3, -0.25) is 4.90 Å². The summed E-state index contributed by atoms with van der Waals surface area (Å²) in [6, 6.07) is 13.1. The standard InChI is InChI=1S/C24H25ClFN3O3/c1-31-17-5-6-18(22(30)15-17)21-13-16(24-19(25)3-2-4-20(24)26)14-23(28-21)27-7-8-29-9-11-32-12-10-29/h2-6,13-15,30H,7-12H2,1H3,(H,27,28). The lowest BCUT2D eigenvalue weighted by Gasteiger charge is -2.26. The van der Waals surface area contributed by atoms with Gasteiger partial charge >= 0.3 is 0 Å². The number of ether oxygens (including phenoxy) is 2. The average Bonchev–Trinajstić information content (AvgIpc) is 2.79. The van der Waals surface area contributed by atoms with Gasteiger partial charge in [0, 0.05) is 43.4 Å². The molecule has 168 valence electrons. The number of aromatic nitrogens is 1. The third-order valence-corrected chi connectivity index (χ3v) is 5.71. The van der Waals surface area contributed by atoms with Gasteiger partial charge in [-0.15, -0.1) is 0 Å². The molecule has 32 heavy (non-hydrogen) atoms. The molecule has 0 radical (unpaired) electrons. The highest BCUT2D eigenvalue weighted by atomic mass is 35.5. The Bertz CT molecular complexity index is 1070. The summed E-state index contributed by atoms with van der Waals surface area (Å²) in [5, 5.41) is 14.2. The van der Waals surface area contributed by atoms with Gasteiger partial charge in [-0.05, 0) is 42.0 Å². The highest BCUT2D eigenvalue weighted by Gasteiger charge is 2.16. The number of benzene rings is 2. The predicted molar refractivity (Wildman–Crippen MR) is 124 cm³/mol. The van der Waals surface area contributed by atoms with Crippen LogP contribution in [-0.2, 0) is 4.74 Å². The minimum Gasteiger partial charge on any atom is -0.507 e. The molecule has 2 aromatic carbocycles. The lowest BCUT2D eigenvalue weighted by molar-refractivity contribution is 0.0398. The zero-order valence-corrected chi connectivity index (χ0v) is 18.5. The first-order valence-electron chi connectivity index (χ1n) is 10.4. The number of anilines is 1. The maximum absolute atomic E-state index is 14.7. The summed E-state index contributed by atoms with van der Waals surface area (Å²) < 4.78 is 25.2. The molecular weight excluding hydrogens is 433 g/mol. The van der Waals surface area contributed by atoms with Crippen LogP contribution in [0, 0.1) is 5.82 Å². The maximum Gasteiger partial charge on any atom is 0.132 e. The Morgan fingerprint density at radius 2 is 2.00 bits per heavy atom. The number of methoxy groups -OCH3 is 1. The Morgan fingerprint density at radius 1 is 1.19 bits per heavy atom. The summed E-state index contributed by atoms with van der Waals surface area (Å²) in [6.07, 6.45) is 0. The van der Waals surface area contributed by atoms with Gasteiger partial charge in [0.25, 0.3) is 0 Å². The second kappa shape index (κ2) is 10.2. The normalized spacial score (nSPS) is 14.3. The van der Waals surface area contributed by atoms with E-state index in [1.807, 2.05) is 0 Å². The number of phenolic OH excluding ortho intramolecular Hbond substituents is 1. The zero-order valence-electron chi connectivity index (χ0n) is 17.8. The van der Waals surface area contributed by atoms with Crippen LogP contribution >= 0.6 is 11.6 Å². The molecule has 8 heteroatoms. The molecule has 0 aliphatic carbocycles. The predicted octanol–water partition coefficient (Wildman–Crippen LogP) is 4.67. The number of hydrogen-bond acceptors (Lipinski definition) is 6. The molecule has 4 rings (SSSR count). The number of nitrogens with one attached hydrogen (secondary N) is 1. The molecule has 1 aliphatic rings. The second-order valence-corrected chi connectivity index (χ2v) is 7.89. The van der Waals surface area contributed by atoms with Gasteiger partial charge in [0.05, 0.1) is 31.0 Å². The molecule has 1 saturated heterocycles. The fourth-order valence-corrected chi connectivity index (χ4v) is 3.97. The Morgan fingerprint density at radius 3 is 2.72 bits per heavy atom. The molecule has 0 atom stereocenters. The summed E-state index contributed by atoms with van der Waals surface area (Å²) >= 11 is 6.33. The van der Waals surface area contributed by atoms with Crippen LogP contribution in [0.1, 0.15) is 0 Å². The number of hydrogen-bond donors (Lipinski definition) is 2. The molecule has 0 amide bonds. The number of rotatable bonds is 7. The highest BCUT2D eigenvalue weighted by Crippen LogP contribution is 2.37. The van der Waals surface area contributed by atoms with Crippen molar-refractivity contribution in [2.75, 3.05) is 51.8 Å². The monoisotopic (exact) mass is 457 g/mol. The molecule has 2 N–H and O–H groups in total. The minimum atomic E-state index is -0.423. The van der Waals surface area contributed by atoms with Crippen molar-refractivity contribution in [3.63, 3.8) is 0 Å². The lowest BCUT2D eigenvalue weighted by atomic mass is 10.0. The van der Waals surface area contributed by atoms with E-state index >= 15 is 0 Å². The van der Waals surface area contributed by atoms with E-state index < -0.39 is 5.82 Å². The molecule has 0 spiro atoms. The number of nitrogens with zero attached hydrogens (tertiary/aromatic N) is 2. The third kappa shape index (κ3) is 5.12.